The molecule has 0 spiro atoms. The van der Waals surface area contributed by atoms with E-state index in [0.29, 0.717) is 43.0 Å². The Kier molecular flexibility index (Phi) is 4.91. The molecule has 0 radical (unpaired) electrons. The van der Waals surface area contributed by atoms with Crippen LogP contribution in [0, 0.1) is 0 Å². The van der Waals surface area contributed by atoms with E-state index in [1.165, 1.54) is 10.6 Å². The van der Waals surface area contributed by atoms with E-state index in [4.69, 9.17) is 16.0 Å². The first-order chi connectivity index (χ1) is 11.3. The molecule has 2 aromatic rings. The van der Waals surface area contributed by atoms with E-state index in [1.54, 1.807) is 12.1 Å². The smallest absolute Gasteiger partial charge is 0.247 e. The molecule has 1 aromatic heterocycles. The summed E-state index contributed by atoms with van der Waals surface area (Å²) in [6.45, 7) is 4.18. The number of piperazine rings is 1. The van der Waals surface area contributed by atoms with Gasteiger partial charge >= 0.3 is 0 Å². The van der Waals surface area contributed by atoms with Gasteiger partial charge in [-0.1, -0.05) is 17.7 Å². The van der Waals surface area contributed by atoms with Gasteiger partial charge in [-0.25, -0.2) is 8.42 Å². The van der Waals surface area contributed by atoms with Crippen LogP contribution in [0.5, 0.6) is 0 Å². The van der Waals surface area contributed by atoms with Crippen molar-refractivity contribution >= 4 is 21.6 Å². The molecule has 0 aliphatic carbocycles. The fraction of sp³-hybridized carbons (Fsp3) is 0.467. The summed E-state index contributed by atoms with van der Waals surface area (Å²) in [5.41, 5.74) is 0.773. The third-order valence-electron chi connectivity index (χ3n) is 4.16. The molecule has 2 heterocycles. The predicted molar refractivity (Wildman–Crippen MR) is 91.1 cm³/mol. The van der Waals surface area contributed by atoms with Crippen LogP contribution in [0.15, 0.2) is 28.7 Å². The lowest BCUT2D eigenvalue weighted by Crippen LogP contribution is -2.48. The maximum atomic E-state index is 11.6. The number of sulfonamides is 1. The molecule has 0 N–H and O–H groups in total. The van der Waals surface area contributed by atoms with Crippen molar-refractivity contribution in [2.75, 3.05) is 32.4 Å². The van der Waals surface area contributed by atoms with Gasteiger partial charge in [0.15, 0.2) is 0 Å². The first-order valence-corrected chi connectivity index (χ1v) is 9.86. The molecular formula is C15H19ClN4O3S. The second-order valence-corrected chi connectivity index (χ2v) is 8.25. The highest BCUT2D eigenvalue weighted by Crippen LogP contribution is 2.26. The molecule has 0 amide bonds. The fourth-order valence-corrected chi connectivity index (χ4v) is 3.74. The quantitative estimate of drug-likeness (QED) is 0.819. The van der Waals surface area contributed by atoms with Gasteiger partial charge in [0.2, 0.25) is 21.8 Å². The van der Waals surface area contributed by atoms with Crippen LogP contribution in [-0.4, -0.2) is 60.3 Å². The van der Waals surface area contributed by atoms with Gasteiger partial charge in [0, 0.05) is 36.8 Å². The number of hydrogen-bond donors (Lipinski definition) is 0. The lowest BCUT2D eigenvalue weighted by atomic mass is 10.2. The van der Waals surface area contributed by atoms with Crippen molar-refractivity contribution in [2.45, 2.75) is 13.0 Å². The largest absolute Gasteiger partial charge is 0.419 e. The maximum absolute atomic E-state index is 11.6. The van der Waals surface area contributed by atoms with E-state index in [-0.39, 0.29) is 6.04 Å². The zero-order valence-corrected chi connectivity index (χ0v) is 15.1. The van der Waals surface area contributed by atoms with Crippen molar-refractivity contribution in [2.24, 2.45) is 0 Å². The Balaban J connectivity index is 1.70. The molecule has 1 atom stereocenters. The number of rotatable bonds is 4. The maximum Gasteiger partial charge on any atom is 0.247 e. The minimum absolute atomic E-state index is 0.0767. The van der Waals surface area contributed by atoms with Crippen LogP contribution in [-0.2, 0) is 10.0 Å². The predicted octanol–water partition coefficient (Wildman–Crippen LogP) is 2.03. The summed E-state index contributed by atoms with van der Waals surface area (Å²) < 4.78 is 30.4. The van der Waals surface area contributed by atoms with E-state index in [9.17, 15) is 8.42 Å². The van der Waals surface area contributed by atoms with Crippen molar-refractivity contribution in [3.05, 3.63) is 35.2 Å². The Morgan fingerprint density at radius 1 is 1.21 bits per heavy atom. The zero-order chi connectivity index (χ0) is 17.3. The SMILES string of the molecule is C[C@@H](c1nnc(-c2cccc(Cl)c2)o1)N1CCN(S(C)(=O)=O)CC1. The average Bonchev–Trinajstić information content (AvgIpc) is 3.03. The zero-order valence-electron chi connectivity index (χ0n) is 13.5. The van der Waals surface area contributed by atoms with E-state index in [0.717, 1.165) is 5.56 Å². The summed E-state index contributed by atoms with van der Waals surface area (Å²) >= 11 is 5.98. The molecule has 3 rings (SSSR count). The Hall–Kier alpha value is -1.48. The van der Waals surface area contributed by atoms with Gasteiger partial charge < -0.3 is 4.42 Å². The first-order valence-electron chi connectivity index (χ1n) is 7.63. The van der Waals surface area contributed by atoms with Crippen molar-refractivity contribution < 1.29 is 12.8 Å². The van der Waals surface area contributed by atoms with E-state index in [2.05, 4.69) is 15.1 Å². The van der Waals surface area contributed by atoms with Crippen molar-refractivity contribution in [3.63, 3.8) is 0 Å². The van der Waals surface area contributed by atoms with E-state index >= 15 is 0 Å². The highest BCUT2D eigenvalue weighted by Gasteiger charge is 2.28. The molecule has 24 heavy (non-hydrogen) atoms. The highest BCUT2D eigenvalue weighted by molar-refractivity contribution is 7.88. The van der Waals surface area contributed by atoms with Crippen molar-refractivity contribution in [1.29, 1.82) is 0 Å². The molecular weight excluding hydrogens is 352 g/mol. The summed E-state index contributed by atoms with van der Waals surface area (Å²) in [5, 5.41) is 8.83. The van der Waals surface area contributed by atoms with Gasteiger partial charge in [-0.05, 0) is 25.1 Å². The molecule has 0 bridgehead atoms. The van der Waals surface area contributed by atoms with Gasteiger partial charge in [-0.2, -0.15) is 4.31 Å². The molecule has 7 nitrogen and oxygen atoms in total. The van der Waals surface area contributed by atoms with Crippen LogP contribution in [0.25, 0.3) is 11.5 Å². The fourth-order valence-electron chi connectivity index (χ4n) is 2.72. The normalized spacial score (nSPS) is 18.6. The van der Waals surface area contributed by atoms with E-state index in [1.807, 2.05) is 19.1 Å². The molecule has 1 aromatic carbocycles. The summed E-state index contributed by atoms with van der Waals surface area (Å²) in [6, 6.07) is 7.17. The van der Waals surface area contributed by atoms with Crippen LogP contribution < -0.4 is 0 Å². The second-order valence-electron chi connectivity index (χ2n) is 5.83. The monoisotopic (exact) mass is 370 g/mol. The van der Waals surface area contributed by atoms with E-state index < -0.39 is 10.0 Å². The first kappa shape index (κ1) is 17.3. The molecule has 1 fully saturated rings. The Bertz CT molecular complexity index is 816. The van der Waals surface area contributed by atoms with Crippen LogP contribution in [0.1, 0.15) is 18.9 Å². The van der Waals surface area contributed by atoms with Crippen LogP contribution in [0.4, 0.5) is 0 Å². The van der Waals surface area contributed by atoms with Gasteiger partial charge in [-0.15, -0.1) is 10.2 Å². The van der Waals surface area contributed by atoms with Crippen LogP contribution in [0.2, 0.25) is 5.02 Å². The Morgan fingerprint density at radius 2 is 1.92 bits per heavy atom. The number of nitrogens with zero attached hydrogens (tertiary/aromatic N) is 4. The topological polar surface area (TPSA) is 79.5 Å². The Morgan fingerprint density at radius 3 is 2.54 bits per heavy atom. The highest BCUT2D eigenvalue weighted by atomic mass is 35.5. The average molecular weight is 371 g/mol. The van der Waals surface area contributed by atoms with Gasteiger partial charge in [0.05, 0.1) is 12.3 Å². The van der Waals surface area contributed by atoms with Gasteiger partial charge in [0.1, 0.15) is 0 Å². The third kappa shape index (κ3) is 3.77. The summed E-state index contributed by atoms with van der Waals surface area (Å²) in [6.07, 6.45) is 1.24. The minimum atomic E-state index is -3.13. The molecule has 0 unspecified atom stereocenters. The molecule has 0 saturated carbocycles. The van der Waals surface area contributed by atoms with Crippen LogP contribution in [0.3, 0.4) is 0 Å². The second kappa shape index (κ2) is 6.79. The number of hydrogen-bond acceptors (Lipinski definition) is 6. The molecule has 1 saturated heterocycles. The number of halogens is 1. The number of benzene rings is 1. The summed E-state index contributed by atoms with van der Waals surface area (Å²) in [4.78, 5) is 2.14. The molecule has 9 heteroatoms. The lowest BCUT2D eigenvalue weighted by Gasteiger charge is -2.35. The lowest BCUT2D eigenvalue weighted by molar-refractivity contribution is 0.130. The molecule has 1 aliphatic heterocycles. The minimum Gasteiger partial charge on any atom is -0.419 e. The third-order valence-corrected chi connectivity index (χ3v) is 5.70. The number of aromatic nitrogens is 2. The summed E-state index contributed by atoms with van der Waals surface area (Å²) in [7, 11) is -3.13. The van der Waals surface area contributed by atoms with Gasteiger partial charge in [0.25, 0.3) is 0 Å². The van der Waals surface area contributed by atoms with Gasteiger partial charge in [-0.3, -0.25) is 4.90 Å². The molecule has 1 aliphatic rings. The van der Waals surface area contributed by atoms with Crippen LogP contribution >= 0.6 is 11.6 Å². The standard InChI is InChI=1S/C15H19ClN4O3S/c1-11(19-6-8-20(9-7-19)24(2,21)22)14-17-18-15(23-14)12-4-3-5-13(16)10-12/h3-5,10-11H,6-9H2,1-2H3/t11-/m0/s1. The van der Waals surface area contributed by atoms with Crippen molar-refractivity contribution in [3.8, 4) is 11.5 Å². The molecule has 130 valence electrons. The Labute approximate surface area is 146 Å². The van der Waals surface area contributed by atoms with Crippen molar-refractivity contribution in [1.82, 2.24) is 19.4 Å². The summed E-state index contributed by atoms with van der Waals surface area (Å²) in [5.74, 6) is 0.937.